The first-order chi connectivity index (χ1) is 8.73. The molecule has 1 rings (SSSR count). The molecule has 0 aromatic heterocycles. The zero-order chi connectivity index (χ0) is 14.6. The van der Waals surface area contributed by atoms with Gasteiger partial charge in [-0.25, -0.2) is 4.79 Å². The van der Waals surface area contributed by atoms with Crippen LogP contribution in [0.4, 0.5) is 4.79 Å². The molecule has 1 aromatic rings. The van der Waals surface area contributed by atoms with E-state index in [9.17, 15) is 9.59 Å². The van der Waals surface area contributed by atoms with E-state index >= 15 is 0 Å². The SMILES string of the molecule is CC(C)(C)OC(=O)NC(C=O)c1ccc(Cl)cc1Cl. The third-order valence-electron chi connectivity index (χ3n) is 2.11. The summed E-state index contributed by atoms with van der Waals surface area (Å²) in [6, 6.07) is 3.81. The minimum absolute atomic E-state index is 0.306. The van der Waals surface area contributed by atoms with E-state index in [1.165, 1.54) is 6.07 Å². The highest BCUT2D eigenvalue weighted by Crippen LogP contribution is 2.25. The zero-order valence-electron chi connectivity index (χ0n) is 10.9. The topological polar surface area (TPSA) is 55.4 Å². The summed E-state index contributed by atoms with van der Waals surface area (Å²) in [4.78, 5) is 22.7. The number of ether oxygens (including phenoxy) is 1. The molecule has 0 heterocycles. The van der Waals surface area contributed by atoms with Gasteiger partial charge in [0.25, 0.3) is 0 Å². The van der Waals surface area contributed by atoms with Crippen LogP contribution in [0.5, 0.6) is 0 Å². The number of benzene rings is 1. The van der Waals surface area contributed by atoms with E-state index in [1.807, 2.05) is 0 Å². The van der Waals surface area contributed by atoms with Gasteiger partial charge in [0.15, 0.2) is 0 Å². The molecule has 0 aliphatic heterocycles. The van der Waals surface area contributed by atoms with Crippen molar-refractivity contribution in [2.24, 2.45) is 0 Å². The molecule has 0 fully saturated rings. The third-order valence-corrected chi connectivity index (χ3v) is 2.67. The van der Waals surface area contributed by atoms with E-state index in [-0.39, 0.29) is 0 Å². The van der Waals surface area contributed by atoms with Gasteiger partial charge in [0.05, 0.1) is 0 Å². The summed E-state index contributed by atoms with van der Waals surface area (Å²) in [6.07, 6.45) is -0.102. The van der Waals surface area contributed by atoms with Gasteiger partial charge >= 0.3 is 6.09 Å². The molecule has 1 atom stereocenters. The average molecular weight is 304 g/mol. The summed E-state index contributed by atoms with van der Waals surface area (Å²) in [5.74, 6) is 0. The monoisotopic (exact) mass is 303 g/mol. The molecular formula is C13H15Cl2NO3. The molecule has 1 N–H and O–H groups in total. The van der Waals surface area contributed by atoms with Crippen molar-refractivity contribution >= 4 is 35.6 Å². The van der Waals surface area contributed by atoms with Gasteiger partial charge < -0.3 is 14.8 Å². The van der Waals surface area contributed by atoms with Crippen LogP contribution in [0.25, 0.3) is 0 Å². The fraction of sp³-hybridized carbons (Fsp3) is 0.385. The highest BCUT2D eigenvalue weighted by molar-refractivity contribution is 6.35. The van der Waals surface area contributed by atoms with Crippen molar-refractivity contribution in [3.8, 4) is 0 Å². The van der Waals surface area contributed by atoms with Crippen LogP contribution in [0.1, 0.15) is 32.4 Å². The number of rotatable bonds is 3. The molecule has 0 saturated heterocycles. The zero-order valence-corrected chi connectivity index (χ0v) is 12.4. The van der Waals surface area contributed by atoms with E-state index in [1.54, 1.807) is 32.9 Å². The van der Waals surface area contributed by atoms with Crippen molar-refractivity contribution < 1.29 is 14.3 Å². The Bertz CT molecular complexity index is 483. The molecule has 0 spiro atoms. The summed E-state index contributed by atoms with van der Waals surface area (Å²) in [7, 11) is 0. The van der Waals surface area contributed by atoms with Crippen LogP contribution in [0.15, 0.2) is 18.2 Å². The van der Waals surface area contributed by atoms with E-state index in [2.05, 4.69) is 5.32 Å². The van der Waals surface area contributed by atoms with Crippen molar-refractivity contribution in [1.82, 2.24) is 5.32 Å². The predicted molar refractivity (Wildman–Crippen MR) is 74.6 cm³/mol. The maximum atomic E-state index is 11.6. The maximum absolute atomic E-state index is 11.6. The minimum atomic E-state index is -0.875. The number of amides is 1. The van der Waals surface area contributed by atoms with Crippen LogP contribution < -0.4 is 5.32 Å². The van der Waals surface area contributed by atoms with Crippen LogP contribution in [0.3, 0.4) is 0 Å². The van der Waals surface area contributed by atoms with Gasteiger partial charge in [-0.3, -0.25) is 0 Å². The lowest BCUT2D eigenvalue weighted by atomic mass is 10.1. The minimum Gasteiger partial charge on any atom is -0.444 e. The lowest BCUT2D eigenvalue weighted by Gasteiger charge is -2.22. The van der Waals surface area contributed by atoms with Gasteiger partial charge in [-0.2, -0.15) is 0 Å². The number of alkyl carbamates (subject to hydrolysis) is 1. The van der Waals surface area contributed by atoms with Gasteiger partial charge in [-0.05, 0) is 32.9 Å². The molecule has 0 aliphatic carbocycles. The summed E-state index contributed by atoms with van der Waals surface area (Å²) in [5.41, 5.74) is -0.173. The standard InChI is InChI=1S/C13H15Cl2NO3/c1-13(2,3)19-12(18)16-11(7-17)9-5-4-8(14)6-10(9)15/h4-7,11H,1-3H3,(H,16,18). The first-order valence-corrected chi connectivity index (χ1v) is 6.38. The highest BCUT2D eigenvalue weighted by atomic mass is 35.5. The Morgan fingerprint density at radius 1 is 1.37 bits per heavy atom. The second kappa shape index (κ2) is 6.26. The average Bonchev–Trinajstić information content (AvgIpc) is 2.24. The Morgan fingerprint density at radius 2 is 2.00 bits per heavy atom. The number of aldehydes is 1. The van der Waals surface area contributed by atoms with Gasteiger partial charge in [0.1, 0.15) is 17.9 Å². The molecular weight excluding hydrogens is 289 g/mol. The summed E-state index contributed by atoms with van der Waals surface area (Å²) < 4.78 is 5.08. The third kappa shape index (κ3) is 5.09. The van der Waals surface area contributed by atoms with Gasteiger partial charge in [0.2, 0.25) is 0 Å². The number of carbonyl (C=O) groups excluding carboxylic acids is 2. The predicted octanol–water partition coefficient (Wildman–Crippen LogP) is 3.76. The molecule has 1 unspecified atom stereocenters. The smallest absolute Gasteiger partial charge is 0.408 e. The molecule has 19 heavy (non-hydrogen) atoms. The van der Waals surface area contributed by atoms with E-state index < -0.39 is 17.7 Å². The van der Waals surface area contributed by atoms with Crippen molar-refractivity contribution in [3.63, 3.8) is 0 Å². The molecule has 0 bridgehead atoms. The molecule has 6 heteroatoms. The molecule has 1 amide bonds. The van der Waals surface area contributed by atoms with Crippen molar-refractivity contribution in [1.29, 1.82) is 0 Å². The van der Waals surface area contributed by atoms with Crippen LogP contribution >= 0.6 is 23.2 Å². The Hall–Kier alpha value is -1.26. The van der Waals surface area contributed by atoms with Gasteiger partial charge in [-0.15, -0.1) is 0 Å². The largest absolute Gasteiger partial charge is 0.444 e. The van der Waals surface area contributed by atoms with Crippen LogP contribution in [-0.2, 0) is 9.53 Å². The van der Waals surface area contributed by atoms with Crippen molar-refractivity contribution in [2.45, 2.75) is 32.4 Å². The first-order valence-electron chi connectivity index (χ1n) is 5.62. The number of hydrogen-bond donors (Lipinski definition) is 1. The second-order valence-electron chi connectivity index (χ2n) is 4.93. The van der Waals surface area contributed by atoms with Crippen molar-refractivity contribution in [2.75, 3.05) is 0 Å². The summed E-state index contributed by atoms with van der Waals surface area (Å²) in [6.45, 7) is 5.20. The molecule has 0 saturated carbocycles. The molecule has 0 radical (unpaired) electrons. The van der Waals surface area contributed by atoms with Crippen LogP contribution in [-0.4, -0.2) is 18.0 Å². The number of hydrogen-bond acceptors (Lipinski definition) is 3. The fourth-order valence-corrected chi connectivity index (χ4v) is 1.90. The molecule has 4 nitrogen and oxygen atoms in total. The van der Waals surface area contributed by atoms with Gasteiger partial charge in [-0.1, -0.05) is 29.3 Å². The quantitative estimate of drug-likeness (QED) is 0.865. The highest BCUT2D eigenvalue weighted by Gasteiger charge is 2.21. The van der Waals surface area contributed by atoms with Gasteiger partial charge in [0, 0.05) is 15.6 Å². The number of carbonyl (C=O) groups is 2. The summed E-state index contributed by atoms with van der Waals surface area (Å²) in [5, 5.41) is 3.20. The molecule has 104 valence electrons. The second-order valence-corrected chi connectivity index (χ2v) is 5.77. The lowest BCUT2D eigenvalue weighted by molar-refractivity contribution is -0.109. The lowest BCUT2D eigenvalue weighted by Crippen LogP contribution is -2.35. The normalized spacial score (nSPS) is 12.7. The Kier molecular flexibility index (Phi) is 5.20. The Balaban J connectivity index is 2.84. The van der Waals surface area contributed by atoms with Crippen LogP contribution in [0, 0.1) is 0 Å². The van der Waals surface area contributed by atoms with E-state index in [0.717, 1.165) is 0 Å². The molecule has 1 aromatic carbocycles. The van der Waals surface area contributed by atoms with Crippen molar-refractivity contribution in [3.05, 3.63) is 33.8 Å². The van der Waals surface area contributed by atoms with E-state index in [0.29, 0.717) is 21.9 Å². The van der Waals surface area contributed by atoms with E-state index in [4.69, 9.17) is 27.9 Å². The number of nitrogens with one attached hydrogen (secondary N) is 1. The number of halogens is 2. The Morgan fingerprint density at radius 3 is 2.47 bits per heavy atom. The molecule has 0 aliphatic rings. The maximum Gasteiger partial charge on any atom is 0.408 e. The first kappa shape index (κ1) is 15.8. The van der Waals surface area contributed by atoms with Crippen LogP contribution in [0.2, 0.25) is 10.0 Å². The summed E-state index contributed by atoms with van der Waals surface area (Å²) >= 11 is 11.8. The Labute approximate surface area is 122 Å². The fourth-order valence-electron chi connectivity index (χ4n) is 1.37.